The Bertz CT molecular complexity index is 769. The van der Waals surface area contributed by atoms with Crippen molar-refractivity contribution >= 4 is 6.09 Å². The molecule has 2 aromatic rings. The van der Waals surface area contributed by atoms with Gasteiger partial charge in [0.15, 0.2) is 0 Å². The Balaban J connectivity index is 1.72. The van der Waals surface area contributed by atoms with Crippen LogP contribution in [0.3, 0.4) is 0 Å². The molecule has 1 aliphatic heterocycles. The molecular weight excluding hydrogens is 352 g/mol. The number of benzene rings is 2. The molecule has 150 valence electrons. The first-order chi connectivity index (χ1) is 13.3. The molecule has 5 heteroatoms. The molecule has 0 spiro atoms. The Morgan fingerprint density at radius 1 is 1.11 bits per heavy atom. The first kappa shape index (κ1) is 20.2. The average molecular weight is 383 g/mol. The standard InChI is InChI=1S/C23H30N2O3/c1-23(2,3)28-22(26)24-19-14-21(18-8-6-5-7-9-18)25(16-19)15-17-10-12-20(27-4)13-11-17/h5-13,19,21H,14-16H2,1-4H3,(H,24,26)/t19-,21-/m0/s1. The fraction of sp³-hybridized carbons (Fsp3) is 0.435. The molecule has 28 heavy (non-hydrogen) atoms. The molecule has 2 atom stereocenters. The van der Waals surface area contributed by atoms with Crippen LogP contribution in [0.15, 0.2) is 54.6 Å². The van der Waals surface area contributed by atoms with Crippen molar-refractivity contribution in [1.29, 1.82) is 0 Å². The molecular formula is C23H30N2O3. The van der Waals surface area contributed by atoms with E-state index in [2.05, 4.69) is 46.6 Å². The molecule has 1 saturated heterocycles. The highest BCUT2D eigenvalue weighted by atomic mass is 16.6. The second-order valence-corrected chi connectivity index (χ2v) is 8.28. The van der Waals surface area contributed by atoms with Crippen molar-refractivity contribution in [3.05, 3.63) is 65.7 Å². The highest BCUT2D eigenvalue weighted by Gasteiger charge is 2.34. The number of nitrogens with zero attached hydrogens (tertiary/aromatic N) is 1. The number of alkyl carbamates (subject to hydrolysis) is 1. The molecule has 1 N–H and O–H groups in total. The lowest BCUT2D eigenvalue weighted by Crippen LogP contribution is -2.40. The fourth-order valence-electron chi connectivity index (χ4n) is 3.64. The van der Waals surface area contributed by atoms with Gasteiger partial charge in [0.1, 0.15) is 11.4 Å². The van der Waals surface area contributed by atoms with E-state index in [0.29, 0.717) is 0 Å². The number of hydrogen-bond donors (Lipinski definition) is 1. The van der Waals surface area contributed by atoms with Gasteiger partial charge in [-0.3, -0.25) is 4.90 Å². The molecule has 1 aliphatic rings. The van der Waals surface area contributed by atoms with Crippen LogP contribution >= 0.6 is 0 Å². The zero-order chi connectivity index (χ0) is 20.1. The Kier molecular flexibility index (Phi) is 6.25. The van der Waals surface area contributed by atoms with Gasteiger partial charge in [0.05, 0.1) is 7.11 Å². The third-order valence-corrected chi connectivity index (χ3v) is 4.85. The summed E-state index contributed by atoms with van der Waals surface area (Å²) < 4.78 is 10.7. The van der Waals surface area contributed by atoms with Crippen LogP contribution in [0.25, 0.3) is 0 Å². The zero-order valence-corrected chi connectivity index (χ0v) is 17.1. The first-order valence-corrected chi connectivity index (χ1v) is 9.75. The van der Waals surface area contributed by atoms with Crippen LogP contribution in [0.4, 0.5) is 4.79 Å². The van der Waals surface area contributed by atoms with Crippen molar-refractivity contribution in [3.63, 3.8) is 0 Å². The number of amides is 1. The third-order valence-electron chi connectivity index (χ3n) is 4.85. The number of carbonyl (C=O) groups excluding carboxylic acids is 1. The highest BCUT2D eigenvalue weighted by Crippen LogP contribution is 2.33. The minimum absolute atomic E-state index is 0.0540. The predicted molar refractivity (Wildman–Crippen MR) is 110 cm³/mol. The summed E-state index contributed by atoms with van der Waals surface area (Å²) >= 11 is 0. The number of carbonyl (C=O) groups is 1. The van der Waals surface area contributed by atoms with E-state index in [1.54, 1.807) is 7.11 Å². The van der Waals surface area contributed by atoms with Crippen molar-refractivity contribution in [1.82, 2.24) is 10.2 Å². The molecule has 1 amide bonds. The van der Waals surface area contributed by atoms with Crippen molar-refractivity contribution in [3.8, 4) is 5.75 Å². The molecule has 1 fully saturated rings. The second kappa shape index (κ2) is 8.65. The third kappa shape index (κ3) is 5.49. The smallest absolute Gasteiger partial charge is 0.407 e. The van der Waals surface area contributed by atoms with Gasteiger partial charge in [-0.2, -0.15) is 0 Å². The van der Waals surface area contributed by atoms with Crippen LogP contribution in [0.1, 0.15) is 44.4 Å². The molecule has 0 aromatic heterocycles. The Labute approximate surface area is 167 Å². The lowest BCUT2D eigenvalue weighted by Gasteiger charge is -2.24. The van der Waals surface area contributed by atoms with Crippen molar-refractivity contribution in [2.75, 3.05) is 13.7 Å². The van der Waals surface area contributed by atoms with E-state index in [0.717, 1.165) is 25.3 Å². The number of methoxy groups -OCH3 is 1. The summed E-state index contributed by atoms with van der Waals surface area (Å²) in [6.45, 7) is 7.23. The number of rotatable bonds is 5. The van der Waals surface area contributed by atoms with Gasteiger partial charge in [-0.25, -0.2) is 4.79 Å². The maximum absolute atomic E-state index is 12.2. The number of nitrogens with one attached hydrogen (secondary N) is 1. The number of ether oxygens (including phenoxy) is 2. The summed E-state index contributed by atoms with van der Waals surface area (Å²) in [6, 6.07) is 18.9. The van der Waals surface area contributed by atoms with Gasteiger partial charge < -0.3 is 14.8 Å². The number of likely N-dealkylation sites (tertiary alicyclic amines) is 1. The Morgan fingerprint density at radius 3 is 2.39 bits per heavy atom. The zero-order valence-electron chi connectivity index (χ0n) is 17.1. The van der Waals surface area contributed by atoms with Crippen molar-refractivity contribution < 1.29 is 14.3 Å². The Morgan fingerprint density at radius 2 is 1.79 bits per heavy atom. The topological polar surface area (TPSA) is 50.8 Å². The molecule has 0 unspecified atom stereocenters. The van der Waals surface area contributed by atoms with Gasteiger partial charge in [0.2, 0.25) is 0 Å². The van der Waals surface area contributed by atoms with E-state index in [-0.39, 0.29) is 18.2 Å². The van der Waals surface area contributed by atoms with Crippen LogP contribution in [0.5, 0.6) is 5.75 Å². The van der Waals surface area contributed by atoms with Crippen molar-refractivity contribution in [2.45, 2.75) is 51.4 Å². The average Bonchev–Trinajstić information content (AvgIpc) is 3.03. The van der Waals surface area contributed by atoms with Crippen LogP contribution in [0.2, 0.25) is 0 Å². The summed E-state index contributed by atoms with van der Waals surface area (Å²) in [5.41, 5.74) is 1.99. The molecule has 0 radical (unpaired) electrons. The van der Waals surface area contributed by atoms with Crippen LogP contribution < -0.4 is 10.1 Å². The summed E-state index contributed by atoms with van der Waals surface area (Å²) in [5, 5.41) is 3.05. The van der Waals surface area contributed by atoms with Gasteiger partial charge in [0, 0.05) is 25.2 Å². The van der Waals surface area contributed by atoms with Gasteiger partial charge in [0.25, 0.3) is 0 Å². The molecule has 5 nitrogen and oxygen atoms in total. The van der Waals surface area contributed by atoms with E-state index in [4.69, 9.17) is 9.47 Å². The monoisotopic (exact) mass is 382 g/mol. The predicted octanol–water partition coefficient (Wildman–Crippen LogP) is 4.54. The lowest BCUT2D eigenvalue weighted by molar-refractivity contribution is 0.0505. The van der Waals surface area contributed by atoms with Crippen LogP contribution in [0, 0.1) is 0 Å². The summed E-state index contributed by atoms with van der Waals surface area (Å²) in [4.78, 5) is 14.6. The highest BCUT2D eigenvalue weighted by molar-refractivity contribution is 5.68. The van der Waals surface area contributed by atoms with Gasteiger partial charge in [-0.1, -0.05) is 42.5 Å². The van der Waals surface area contributed by atoms with Gasteiger partial charge in [-0.15, -0.1) is 0 Å². The van der Waals surface area contributed by atoms with Gasteiger partial charge >= 0.3 is 6.09 Å². The van der Waals surface area contributed by atoms with Crippen LogP contribution in [-0.2, 0) is 11.3 Å². The molecule has 2 aromatic carbocycles. The quantitative estimate of drug-likeness (QED) is 0.825. The van der Waals surface area contributed by atoms with Crippen molar-refractivity contribution in [2.24, 2.45) is 0 Å². The first-order valence-electron chi connectivity index (χ1n) is 9.75. The molecule has 1 heterocycles. The minimum atomic E-state index is -0.496. The summed E-state index contributed by atoms with van der Waals surface area (Å²) in [5.74, 6) is 0.856. The molecule has 0 saturated carbocycles. The SMILES string of the molecule is COc1ccc(CN2C[C@@H](NC(=O)OC(C)(C)C)C[C@H]2c2ccccc2)cc1. The van der Waals surface area contributed by atoms with Gasteiger partial charge in [-0.05, 0) is 50.5 Å². The Hall–Kier alpha value is -2.53. The summed E-state index contributed by atoms with van der Waals surface area (Å²) in [6.07, 6.45) is 0.509. The normalized spacial score (nSPS) is 20.0. The van der Waals surface area contributed by atoms with E-state index in [1.165, 1.54) is 11.1 Å². The summed E-state index contributed by atoms with van der Waals surface area (Å²) in [7, 11) is 1.67. The molecule has 3 rings (SSSR count). The fourth-order valence-corrected chi connectivity index (χ4v) is 3.64. The lowest BCUT2D eigenvalue weighted by atomic mass is 10.0. The maximum Gasteiger partial charge on any atom is 0.407 e. The second-order valence-electron chi connectivity index (χ2n) is 8.28. The van der Waals surface area contributed by atoms with E-state index < -0.39 is 5.60 Å². The molecule has 0 bridgehead atoms. The largest absolute Gasteiger partial charge is 0.497 e. The minimum Gasteiger partial charge on any atom is -0.497 e. The van der Waals surface area contributed by atoms with E-state index >= 15 is 0 Å². The maximum atomic E-state index is 12.2. The molecule has 0 aliphatic carbocycles. The van der Waals surface area contributed by atoms with E-state index in [9.17, 15) is 4.79 Å². The van der Waals surface area contributed by atoms with E-state index in [1.807, 2.05) is 39.0 Å². The number of hydrogen-bond acceptors (Lipinski definition) is 4. The van der Waals surface area contributed by atoms with Crippen LogP contribution in [-0.4, -0.2) is 36.3 Å².